The van der Waals surface area contributed by atoms with Gasteiger partial charge in [-0.15, -0.1) is 0 Å². The van der Waals surface area contributed by atoms with Gasteiger partial charge in [-0.2, -0.15) is 0 Å². The zero-order chi connectivity index (χ0) is 11.5. The smallest absolute Gasteiger partial charge is 0.347 e. The van der Waals surface area contributed by atoms with E-state index in [-0.39, 0.29) is 0 Å². The first-order valence-electron chi connectivity index (χ1n) is 3.32. The van der Waals surface area contributed by atoms with Crippen molar-refractivity contribution in [2.75, 3.05) is 0 Å². The summed E-state index contributed by atoms with van der Waals surface area (Å²) < 4.78 is 0. The van der Waals surface area contributed by atoms with E-state index in [9.17, 15) is 14.4 Å². The minimum atomic E-state index is -3.40. The molecule has 14 heavy (non-hydrogen) atoms. The Hall–Kier alpha value is -1.73. The van der Waals surface area contributed by atoms with E-state index < -0.39 is 29.4 Å². The predicted octanol–water partition coefficient (Wildman–Crippen LogP) is -2.00. The van der Waals surface area contributed by atoms with E-state index in [4.69, 9.17) is 20.4 Å². The summed E-state index contributed by atoms with van der Waals surface area (Å²) in [6.45, 7) is 2.87. The standard InChI is InChI=1S/C7H8O7/c1-2-3(8)7(14,6(12)13)4(9)5(10)11/h2,4,9,14H,1H2,(H,10,11)(H,12,13). The highest BCUT2D eigenvalue weighted by Crippen LogP contribution is 2.14. The van der Waals surface area contributed by atoms with Crippen LogP contribution in [0, 0.1) is 0 Å². The fourth-order valence-corrected chi connectivity index (χ4v) is 0.691. The fourth-order valence-electron chi connectivity index (χ4n) is 0.691. The third-order valence-electron chi connectivity index (χ3n) is 1.52. The Balaban J connectivity index is 5.30. The third-order valence-corrected chi connectivity index (χ3v) is 1.52. The highest BCUT2D eigenvalue weighted by Gasteiger charge is 2.53. The molecule has 0 aromatic carbocycles. The number of ketones is 1. The van der Waals surface area contributed by atoms with Crippen molar-refractivity contribution < 1.29 is 34.8 Å². The van der Waals surface area contributed by atoms with Gasteiger partial charge in [0.2, 0.25) is 5.78 Å². The Morgan fingerprint density at radius 2 is 1.71 bits per heavy atom. The molecule has 0 aliphatic carbocycles. The second kappa shape index (κ2) is 3.99. The van der Waals surface area contributed by atoms with Gasteiger partial charge in [0.05, 0.1) is 0 Å². The van der Waals surface area contributed by atoms with Gasteiger partial charge in [-0.05, 0) is 6.08 Å². The summed E-state index contributed by atoms with van der Waals surface area (Å²) in [6.07, 6.45) is -2.33. The SMILES string of the molecule is C=CC(=O)C(O)(C(=O)O)C(O)C(=O)O. The molecular weight excluding hydrogens is 196 g/mol. The molecule has 2 atom stereocenters. The molecule has 0 amide bonds. The summed E-state index contributed by atoms with van der Waals surface area (Å²) in [5, 5.41) is 34.6. The zero-order valence-corrected chi connectivity index (χ0v) is 6.88. The maximum absolute atomic E-state index is 10.8. The Bertz CT molecular complexity index is 294. The molecule has 7 heteroatoms. The normalized spacial score (nSPS) is 16.4. The molecule has 0 saturated heterocycles. The van der Waals surface area contributed by atoms with E-state index in [1.165, 1.54) is 0 Å². The van der Waals surface area contributed by atoms with Crippen molar-refractivity contribution in [2.24, 2.45) is 0 Å². The van der Waals surface area contributed by atoms with Crippen LogP contribution in [0.2, 0.25) is 0 Å². The number of hydrogen-bond donors (Lipinski definition) is 4. The Morgan fingerprint density at radius 1 is 1.29 bits per heavy atom. The van der Waals surface area contributed by atoms with Crippen molar-refractivity contribution in [3.63, 3.8) is 0 Å². The number of aliphatic carboxylic acids is 2. The van der Waals surface area contributed by atoms with Gasteiger partial charge in [0.1, 0.15) is 0 Å². The summed E-state index contributed by atoms with van der Waals surface area (Å²) in [5.74, 6) is -5.68. The Kier molecular flexibility index (Phi) is 3.49. The molecule has 2 unspecified atom stereocenters. The quantitative estimate of drug-likeness (QED) is 0.301. The van der Waals surface area contributed by atoms with E-state index in [2.05, 4.69) is 6.58 Å². The summed E-state index contributed by atoms with van der Waals surface area (Å²) in [4.78, 5) is 31.5. The molecule has 0 saturated carbocycles. The molecule has 0 rings (SSSR count). The second-order valence-electron chi connectivity index (χ2n) is 2.38. The van der Waals surface area contributed by atoms with Gasteiger partial charge in [0.15, 0.2) is 6.10 Å². The molecule has 7 nitrogen and oxygen atoms in total. The molecular formula is C7H8O7. The summed E-state index contributed by atoms with van der Waals surface area (Å²) >= 11 is 0. The summed E-state index contributed by atoms with van der Waals surface area (Å²) in [6, 6.07) is 0. The Morgan fingerprint density at radius 3 is 1.93 bits per heavy atom. The van der Waals surface area contributed by atoms with Crippen molar-refractivity contribution in [3.8, 4) is 0 Å². The van der Waals surface area contributed by atoms with Crippen LogP contribution in [-0.4, -0.2) is 49.9 Å². The van der Waals surface area contributed by atoms with E-state index in [1.807, 2.05) is 0 Å². The molecule has 78 valence electrons. The number of carbonyl (C=O) groups excluding carboxylic acids is 1. The number of aliphatic hydroxyl groups excluding tert-OH is 1. The van der Waals surface area contributed by atoms with Gasteiger partial charge < -0.3 is 20.4 Å². The molecule has 4 N–H and O–H groups in total. The lowest BCUT2D eigenvalue weighted by atomic mass is 9.91. The average Bonchev–Trinajstić information content (AvgIpc) is 2.13. The first-order valence-corrected chi connectivity index (χ1v) is 3.32. The second-order valence-corrected chi connectivity index (χ2v) is 2.38. The van der Waals surface area contributed by atoms with Crippen molar-refractivity contribution >= 4 is 17.7 Å². The molecule has 0 aliphatic rings. The number of carbonyl (C=O) groups is 3. The van der Waals surface area contributed by atoms with Gasteiger partial charge in [0, 0.05) is 0 Å². The van der Waals surface area contributed by atoms with Crippen LogP contribution in [0.4, 0.5) is 0 Å². The molecule has 0 radical (unpaired) electrons. The molecule has 0 heterocycles. The van der Waals surface area contributed by atoms with Crippen LogP contribution in [0.3, 0.4) is 0 Å². The summed E-state index contributed by atoms with van der Waals surface area (Å²) in [5.41, 5.74) is -3.40. The number of carboxylic acids is 2. The lowest BCUT2D eigenvalue weighted by molar-refractivity contribution is -0.184. The number of carboxylic acid groups (broad SMARTS) is 2. The molecule has 0 fully saturated rings. The summed E-state index contributed by atoms with van der Waals surface area (Å²) in [7, 11) is 0. The van der Waals surface area contributed by atoms with Gasteiger partial charge in [-0.1, -0.05) is 6.58 Å². The van der Waals surface area contributed by atoms with Gasteiger partial charge >= 0.3 is 11.9 Å². The molecule has 0 bridgehead atoms. The largest absolute Gasteiger partial charge is 0.479 e. The van der Waals surface area contributed by atoms with Crippen LogP contribution < -0.4 is 0 Å². The van der Waals surface area contributed by atoms with Crippen molar-refractivity contribution in [1.29, 1.82) is 0 Å². The number of aliphatic hydroxyl groups is 2. The maximum atomic E-state index is 10.8. The monoisotopic (exact) mass is 204 g/mol. The van der Waals surface area contributed by atoms with E-state index in [1.54, 1.807) is 0 Å². The highest BCUT2D eigenvalue weighted by molar-refractivity contribution is 6.14. The van der Waals surface area contributed by atoms with Crippen LogP contribution >= 0.6 is 0 Å². The van der Waals surface area contributed by atoms with Crippen LogP contribution in [0.1, 0.15) is 0 Å². The van der Waals surface area contributed by atoms with Crippen molar-refractivity contribution in [2.45, 2.75) is 11.7 Å². The van der Waals surface area contributed by atoms with Crippen LogP contribution in [0.15, 0.2) is 12.7 Å². The van der Waals surface area contributed by atoms with E-state index >= 15 is 0 Å². The minimum absolute atomic E-state index is 0.417. The van der Waals surface area contributed by atoms with Crippen LogP contribution in [-0.2, 0) is 14.4 Å². The minimum Gasteiger partial charge on any atom is -0.479 e. The van der Waals surface area contributed by atoms with Crippen LogP contribution in [0.5, 0.6) is 0 Å². The van der Waals surface area contributed by atoms with Crippen LogP contribution in [0.25, 0.3) is 0 Å². The average molecular weight is 204 g/mol. The maximum Gasteiger partial charge on any atom is 0.347 e. The van der Waals surface area contributed by atoms with E-state index in [0.717, 1.165) is 0 Å². The number of rotatable bonds is 5. The third kappa shape index (κ3) is 1.78. The lowest BCUT2D eigenvalue weighted by Gasteiger charge is -2.22. The molecule has 0 aromatic rings. The van der Waals surface area contributed by atoms with Gasteiger partial charge in [-0.3, -0.25) is 4.79 Å². The fraction of sp³-hybridized carbons (Fsp3) is 0.286. The lowest BCUT2D eigenvalue weighted by Crippen LogP contribution is -2.58. The first-order chi connectivity index (χ1) is 6.28. The van der Waals surface area contributed by atoms with Crippen molar-refractivity contribution in [3.05, 3.63) is 12.7 Å². The Labute approximate surface area is 77.9 Å². The van der Waals surface area contributed by atoms with Crippen molar-refractivity contribution in [1.82, 2.24) is 0 Å². The first kappa shape index (κ1) is 12.3. The predicted molar refractivity (Wildman–Crippen MR) is 41.4 cm³/mol. The topological polar surface area (TPSA) is 132 Å². The van der Waals surface area contributed by atoms with Gasteiger partial charge in [-0.25, -0.2) is 9.59 Å². The zero-order valence-electron chi connectivity index (χ0n) is 6.88. The van der Waals surface area contributed by atoms with Gasteiger partial charge in [0.25, 0.3) is 5.60 Å². The molecule has 0 spiro atoms. The number of hydrogen-bond acceptors (Lipinski definition) is 5. The molecule has 0 aliphatic heterocycles. The van der Waals surface area contributed by atoms with E-state index in [0.29, 0.717) is 6.08 Å². The molecule has 0 aromatic heterocycles. The highest BCUT2D eigenvalue weighted by atomic mass is 16.4.